The lowest BCUT2D eigenvalue weighted by molar-refractivity contribution is 0.0945. The van der Waals surface area contributed by atoms with Gasteiger partial charge in [0.1, 0.15) is 0 Å². The second kappa shape index (κ2) is 4.60. The molecule has 1 amide bonds. The molecular formula is C12H17N3O. The zero-order valence-electron chi connectivity index (χ0n) is 9.73. The lowest BCUT2D eigenvalue weighted by Gasteiger charge is -2.05. The molecule has 1 aromatic heterocycles. The van der Waals surface area contributed by atoms with Gasteiger partial charge < -0.3 is 5.32 Å². The Labute approximate surface area is 95.5 Å². The fraction of sp³-hybridized carbons (Fsp3) is 0.583. The number of amides is 1. The number of rotatable bonds is 4. The summed E-state index contributed by atoms with van der Waals surface area (Å²) < 4.78 is 0. The molecule has 1 aliphatic carbocycles. The molecule has 0 saturated heterocycles. The van der Waals surface area contributed by atoms with E-state index in [9.17, 15) is 4.79 Å². The second-order valence-corrected chi connectivity index (χ2v) is 4.65. The number of hydrogen-bond acceptors (Lipinski definition) is 3. The highest BCUT2D eigenvalue weighted by atomic mass is 16.1. The largest absolute Gasteiger partial charge is 0.350 e. The Kier molecular flexibility index (Phi) is 3.17. The van der Waals surface area contributed by atoms with E-state index in [1.807, 2.05) is 6.07 Å². The molecule has 1 aliphatic rings. The highest BCUT2D eigenvalue weighted by Crippen LogP contribution is 2.27. The van der Waals surface area contributed by atoms with Crippen LogP contribution in [0.15, 0.2) is 12.1 Å². The van der Waals surface area contributed by atoms with E-state index in [0.717, 1.165) is 12.2 Å². The summed E-state index contributed by atoms with van der Waals surface area (Å²) in [5.74, 6) is 0.914. The van der Waals surface area contributed by atoms with Crippen LogP contribution in [-0.2, 0) is 0 Å². The molecule has 1 heterocycles. The van der Waals surface area contributed by atoms with Gasteiger partial charge in [-0.05, 0) is 36.8 Å². The zero-order chi connectivity index (χ0) is 11.5. The van der Waals surface area contributed by atoms with Gasteiger partial charge in [0, 0.05) is 6.54 Å². The van der Waals surface area contributed by atoms with Crippen LogP contribution < -0.4 is 5.32 Å². The average molecular weight is 219 g/mol. The third-order valence-electron chi connectivity index (χ3n) is 2.76. The zero-order valence-corrected chi connectivity index (χ0v) is 9.73. The summed E-state index contributed by atoms with van der Waals surface area (Å²) in [5.41, 5.74) is 1.32. The monoisotopic (exact) mass is 219 g/mol. The first-order chi connectivity index (χ1) is 7.66. The maximum Gasteiger partial charge on any atom is 0.271 e. The van der Waals surface area contributed by atoms with Crippen LogP contribution in [0, 0.1) is 5.92 Å². The molecule has 0 bridgehead atoms. The van der Waals surface area contributed by atoms with Crippen LogP contribution in [0.1, 0.15) is 48.8 Å². The molecule has 4 nitrogen and oxygen atoms in total. The molecule has 1 fully saturated rings. The van der Waals surface area contributed by atoms with Crippen molar-refractivity contribution in [3.8, 4) is 0 Å². The van der Waals surface area contributed by atoms with Gasteiger partial charge in [-0.2, -0.15) is 5.10 Å². The topological polar surface area (TPSA) is 54.9 Å². The fourth-order valence-electron chi connectivity index (χ4n) is 1.42. The van der Waals surface area contributed by atoms with Crippen molar-refractivity contribution in [2.24, 2.45) is 5.92 Å². The van der Waals surface area contributed by atoms with Crippen LogP contribution in [0.25, 0.3) is 0 Å². The van der Waals surface area contributed by atoms with Gasteiger partial charge in [0.2, 0.25) is 0 Å². The first-order valence-corrected chi connectivity index (χ1v) is 5.78. The van der Waals surface area contributed by atoms with Crippen molar-refractivity contribution in [3.05, 3.63) is 23.5 Å². The molecule has 0 unspecified atom stereocenters. The predicted octanol–water partition coefficient (Wildman–Crippen LogP) is 1.74. The Morgan fingerprint density at radius 3 is 2.69 bits per heavy atom. The summed E-state index contributed by atoms with van der Waals surface area (Å²) in [6, 6.07) is 3.61. The van der Waals surface area contributed by atoms with Crippen LogP contribution in [0.4, 0.5) is 0 Å². The Morgan fingerprint density at radius 1 is 1.44 bits per heavy atom. The number of nitrogens with one attached hydrogen (secondary N) is 1. The van der Waals surface area contributed by atoms with E-state index in [2.05, 4.69) is 29.4 Å². The van der Waals surface area contributed by atoms with Crippen LogP contribution in [-0.4, -0.2) is 22.6 Å². The van der Waals surface area contributed by atoms with E-state index < -0.39 is 0 Å². The van der Waals surface area contributed by atoms with Gasteiger partial charge in [-0.25, -0.2) is 0 Å². The molecule has 16 heavy (non-hydrogen) atoms. The van der Waals surface area contributed by atoms with Crippen molar-refractivity contribution in [1.29, 1.82) is 0 Å². The molecule has 0 atom stereocenters. The Bertz CT molecular complexity index is 368. The lowest BCUT2D eigenvalue weighted by atomic mass is 10.1. The van der Waals surface area contributed by atoms with E-state index in [-0.39, 0.29) is 5.91 Å². The molecule has 4 heteroatoms. The second-order valence-electron chi connectivity index (χ2n) is 4.65. The van der Waals surface area contributed by atoms with Crippen LogP contribution >= 0.6 is 0 Å². The van der Waals surface area contributed by atoms with Crippen LogP contribution in [0.2, 0.25) is 0 Å². The predicted molar refractivity (Wildman–Crippen MR) is 61.2 cm³/mol. The van der Waals surface area contributed by atoms with Gasteiger partial charge in [-0.3, -0.25) is 4.79 Å². The quantitative estimate of drug-likeness (QED) is 0.839. The molecular weight excluding hydrogens is 202 g/mol. The molecule has 0 radical (unpaired) electrons. The molecule has 1 N–H and O–H groups in total. The molecule has 2 rings (SSSR count). The van der Waals surface area contributed by atoms with Crippen molar-refractivity contribution in [3.63, 3.8) is 0 Å². The van der Waals surface area contributed by atoms with Crippen molar-refractivity contribution < 1.29 is 4.79 Å². The van der Waals surface area contributed by atoms with Crippen molar-refractivity contribution >= 4 is 5.91 Å². The standard InChI is InChI=1S/C12H17N3O/c1-8(2)10-5-6-11(15-14-10)12(16)13-7-9-3-4-9/h5-6,8-9H,3-4,7H2,1-2H3,(H,13,16). The number of carbonyl (C=O) groups excluding carboxylic acids is 1. The molecule has 86 valence electrons. The minimum absolute atomic E-state index is 0.116. The summed E-state index contributed by atoms with van der Waals surface area (Å²) in [5, 5.41) is 10.8. The van der Waals surface area contributed by atoms with Gasteiger partial charge in [0.25, 0.3) is 5.91 Å². The first kappa shape index (κ1) is 11.0. The van der Waals surface area contributed by atoms with Crippen molar-refractivity contribution in [1.82, 2.24) is 15.5 Å². The highest BCUT2D eigenvalue weighted by molar-refractivity contribution is 5.92. The van der Waals surface area contributed by atoms with E-state index in [1.165, 1.54) is 12.8 Å². The third-order valence-corrected chi connectivity index (χ3v) is 2.76. The molecule has 1 saturated carbocycles. The summed E-state index contributed by atoms with van der Waals surface area (Å²) in [4.78, 5) is 11.6. The van der Waals surface area contributed by atoms with Gasteiger partial charge in [0.15, 0.2) is 5.69 Å². The normalized spacial score (nSPS) is 15.2. The molecule has 0 aromatic carbocycles. The number of carbonyl (C=O) groups is 1. The minimum atomic E-state index is -0.116. The van der Waals surface area contributed by atoms with Crippen molar-refractivity contribution in [2.75, 3.05) is 6.54 Å². The van der Waals surface area contributed by atoms with E-state index in [4.69, 9.17) is 0 Å². The first-order valence-electron chi connectivity index (χ1n) is 5.78. The van der Waals surface area contributed by atoms with Gasteiger partial charge in [-0.15, -0.1) is 5.10 Å². The number of nitrogens with zero attached hydrogens (tertiary/aromatic N) is 2. The molecule has 1 aromatic rings. The number of aromatic nitrogens is 2. The maximum absolute atomic E-state index is 11.6. The summed E-state index contributed by atoms with van der Waals surface area (Å²) >= 11 is 0. The van der Waals surface area contributed by atoms with Gasteiger partial charge in [-0.1, -0.05) is 13.8 Å². The molecule has 0 aliphatic heterocycles. The van der Waals surface area contributed by atoms with Gasteiger partial charge >= 0.3 is 0 Å². The summed E-state index contributed by atoms with van der Waals surface area (Å²) in [6.45, 7) is 4.88. The van der Waals surface area contributed by atoms with Crippen molar-refractivity contribution in [2.45, 2.75) is 32.6 Å². The van der Waals surface area contributed by atoms with Crippen LogP contribution in [0.3, 0.4) is 0 Å². The Morgan fingerprint density at radius 2 is 2.19 bits per heavy atom. The van der Waals surface area contributed by atoms with E-state index in [0.29, 0.717) is 17.5 Å². The van der Waals surface area contributed by atoms with Crippen LogP contribution in [0.5, 0.6) is 0 Å². The summed E-state index contributed by atoms with van der Waals surface area (Å²) in [7, 11) is 0. The molecule has 0 spiro atoms. The Balaban J connectivity index is 1.94. The lowest BCUT2D eigenvalue weighted by Crippen LogP contribution is -2.26. The van der Waals surface area contributed by atoms with E-state index in [1.54, 1.807) is 6.07 Å². The Hall–Kier alpha value is -1.45. The smallest absolute Gasteiger partial charge is 0.271 e. The SMILES string of the molecule is CC(C)c1ccc(C(=O)NCC2CC2)nn1. The average Bonchev–Trinajstić information content (AvgIpc) is 3.10. The summed E-state index contributed by atoms with van der Waals surface area (Å²) in [6.07, 6.45) is 2.47. The fourth-order valence-corrected chi connectivity index (χ4v) is 1.42. The maximum atomic E-state index is 11.6. The van der Waals surface area contributed by atoms with Gasteiger partial charge in [0.05, 0.1) is 5.69 Å². The third kappa shape index (κ3) is 2.78. The highest BCUT2D eigenvalue weighted by Gasteiger charge is 2.22. The number of hydrogen-bond donors (Lipinski definition) is 1. The van der Waals surface area contributed by atoms with E-state index >= 15 is 0 Å². The minimum Gasteiger partial charge on any atom is -0.350 e.